The monoisotopic (exact) mass is 296 g/mol. The number of benzene rings is 1. The molecule has 1 saturated heterocycles. The lowest BCUT2D eigenvalue weighted by atomic mass is 9.96. The van der Waals surface area contributed by atoms with Crippen LogP contribution in [0.1, 0.15) is 26.7 Å². The van der Waals surface area contributed by atoms with E-state index in [9.17, 15) is 5.11 Å². The largest absolute Gasteiger partial charge is 0.389 e. The van der Waals surface area contributed by atoms with Gasteiger partial charge < -0.3 is 10.0 Å². The summed E-state index contributed by atoms with van der Waals surface area (Å²) in [7, 11) is 0. The molecule has 0 atom stereocenters. The zero-order valence-corrected chi connectivity index (χ0v) is 13.2. The second-order valence-electron chi connectivity index (χ2n) is 5.67. The molecule has 0 spiro atoms. The average molecular weight is 297 g/mol. The molecular weight excluding hydrogens is 272 g/mol. The zero-order chi connectivity index (χ0) is 14.6. The van der Waals surface area contributed by atoms with Crippen molar-refractivity contribution in [3.63, 3.8) is 0 Å². The summed E-state index contributed by atoms with van der Waals surface area (Å²) in [4.78, 5) is 4.73. The maximum Gasteiger partial charge on any atom is 0.0768 e. The van der Waals surface area contributed by atoms with E-state index in [0.29, 0.717) is 0 Å². The van der Waals surface area contributed by atoms with E-state index in [-0.39, 0.29) is 0 Å². The third-order valence-corrected chi connectivity index (χ3v) is 4.61. The molecule has 0 amide bonds. The molecule has 0 radical (unpaired) electrons. The number of hydrogen-bond donors (Lipinski definition) is 1. The van der Waals surface area contributed by atoms with E-state index < -0.39 is 5.60 Å². The summed E-state index contributed by atoms with van der Waals surface area (Å²) < 4.78 is 0. The first-order chi connectivity index (χ1) is 9.56. The van der Waals surface area contributed by atoms with Gasteiger partial charge in [-0.05, 0) is 31.0 Å². The number of hydrogen-bond acceptors (Lipinski definition) is 3. The number of rotatable bonds is 5. The molecule has 1 aromatic rings. The molecule has 1 aliphatic rings. The highest BCUT2D eigenvalue weighted by molar-refractivity contribution is 6.30. The van der Waals surface area contributed by atoms with Gasteiger partial charge in [0.1, 0.15) is 0 Å². The van der Waals surface area contributed by atoms with Crippen LogP contribution in [0, 0.1) is 0 Å². The summed E-state index contributed by atoms with van der Waals surface area (Å²) >= 11 is 6.05. The van der Waals surface area contributed by atoms with Gasteiger partial charge in [-0.2, -0.15) is 0 Å². The summed E-state index contributed by atoms with van der Waals surface area (Å²) in [6, 6.07) is 8.03. The highest BCUT2D eigenvalue weighted by atomic mass is 35.5. The van der Waals surface area contributed by atoms with Gasteiger partial charge >= 0.3 is 0 Å². The fourth-order valence-corrected chi connectivity index (χ4v) is 2.91. The summed E-state index contributed by atoms with van der Waals surface area (Å²) in [5.41, 5.74) is 0.663. The fraction of sp³-hybridized carbons (Fsp3) is 0.625. The van der Waals surface area contributed by atoms with E-state index >= 15 is 0 Å². The molecule has 20 heavy (non-hydrogen) atoms. The van der Waals surface area contributed by atoms with Gasteiger partial charge in [0, 0.05) is 43.4 Å². The number of aliphatic hydroxyl groups is 1. The number of nitrogens with zero attached hydrogens (tertiary/aromatic N) is 2. The molecule has 0 aliphatic carbocycles. The molecule has 2 rings (SSSR count). The van der Waals surface area contributed by atoms with Crippen LogP contribution < -0.4 is 4.90 Å². The van der Waals surface area contributed by atoms with Crippen LogP contribution in [0.15, 0.2) is 24.3 Å². The normalized spacial score (nSPS) is 17.5. The Hall–Kier alpha value is -0.770. The van der Waals surface area contributed by atoms with Crippen molar-refractivity contribution in [3.05, 3.63) is 29.3 Å². The van der Waals surface area contributed by atoms with Crippen LogP contribution in [0.25, 0.3) is 0 Å². The third-order valence-electron chi connectivity index (χ3n) is 4.38. The Bertz CT molecular complexity index is 426. The minimum absolute atomic E-state index is 0.530. The smallest absolute Gasteiger partial charge is 0.0768 e. The SMILES string of the molecule is CCC(O)(CC)CN1CCN(c2cccc(Cl)c2)CC1. The van der Waals surface area contributed by atoms with Crippen molar-refractivity contribution in [1.29, 1.82) is 0 Å². The summed E-state index contributed by atoms with van der Waals surface area (Å²) in [6.45, 7) is 8.87. The van der Waals surface area contributed by atoms with Crippen LogP contribution in [0.5, 0.6) is 0 Å². The molecule has 1 aromatic carbocycles. The third kappa shape index (κ3) is 3.87. The average Bonchev–Trinajstić information content (AvgIpc) is 2.48. The molecule has 0 saturated carbocycles. The molecule has 0 aromatic heterocycles. The molecule has 1 heterocycles. The lowest BCUT2D eigenvalue weighted by Gasteiger charge is -2.39. The molecule has 112 valence electrons. The van der Waals surface area contributed by atoms with Crippen LogP contribution in [0.4, 0.5) is 5.69 Å². The first kappa shape index (κ1) is 15.6. The van der Waals surface area contributed by atoms with Gasteiger partial charge in [-0.15, -0.1) is 0 Å². The van der Waals surface area contributed by atoms with Gasteiger partial charge in [0.15, 0.2) is 0 Å². The molecule has 0 unspecified atom stereocenters. The van der Waals surface area contributed by atoms with Crippen LogP contribution in [0.3, 0.4) is 0 Å². The van der Waals surface area contributed by atoms with Gasteiger partial charge in [0.05, 0.1) is 5.60 Å². The predicted molar refractivity (Wildman–Crippen MR) is 85.6 cm³/mol. The maximum atomic E-state index is 10.4. The molecule has 1 fully saturated rings. The van der Waals surface area contributed by atoms with Crippen molar-refractivity contribution in [1.82, 2.24) is 4.90 Å². The van der Waals surface area contributed by atoms with E-state index in [1.807, 2.05) is 18.2 Å². The first-order valence-corrected chi connectivity index (χ1v) is 7.89. The van der Waals surface area contributed by atoms with Gasteiger partial charge in [0.25, 0.3) is 0 Å². The van der Waals surface area contributed by atoms with Crippen LogP contribution >= 0.6 is 11.6 Å². The van der Waals surface area contributed by atoms with Crippen LogP contribution in [-0.4, -0.2) is 48.3 Å². The quantitative estimate of drug-likeness (QED) is 0.905. The van der Waals surface area contributed by atoms with Crippen molar-refractivity contribution >= 4 is 17.3 Å². The summed E-state index contributed by atoms with van der Waals surface area (Å²) in [5.74, 6) is 0. The Morgan fingerprint density at radius 2 is 1.80 bits per heavy atom. The highest BCUT2D eigenvalue weighted by Gasteiger charge is 2.27. The number of anilines is 1. The van der Waals surface area contributed by atoms with Crippen molar-refractivity contribution in [2.24, 2.45) is 0 Å². The molecule has 0 bridgehead atoms. The predicted octanol–water partition coefficient (Wildman–Crippen LogP) is 3.01. The molecule has 4 heteroatoms. The van der Waals surface area contributed by atoms with Crippen molar-refractivity contribution in [3.8, 4) is 0 Å². The summed E-state index contributed by atoms with van der Waals surface area (Å²) in [5, 5.41) is 11.2. The lowest BCUT2D eigenvalue weighted by Crippen LogP contribution is -2.51. The zero-order valence-electron chi connectivity index (χ0n) is 12.5. The second-order valence-corrected chi connectivity index (χ2v) is 6.11. The number of β-amino-alcohol motifs (C(OH)–C–C–N with tert-alkyl or cyclic N) is 1. The van der Waals surface area contributed by atoms with Gasteiger partial charge in [-0.3, -0.25) is 4.90 Å². The molecular formula is C16H25ClN2O. The Balaban J connectivity index is 1.89. The Morgan fingerprint density at radius 3 is 2.35 bits per heavy atom. The van der Waals surface area contributed by atoms with E-state index in [4.69, 9.17) is 11.6 Å². The van der Waals surface area contributed by atoms with Crippen molar-refractivity contribution in [2.75, 3.05) is 37.6 Å². The minimum Gasteiger partial charge on any atom is -0.389 e. The molecule has 1 aliphatic heterocycles. The van der Waals surface area contributed by atoms with Crippen molar-refractivity contribution in [2.45, 2.75) is 32.3 Å². The highest BCUT2D eigenvalue weighted by Crippen LogP contribution is 2.22. The van der Waals surface area contributed by atoms with E-state index in [1.54, 1.807) is 0 Å². The lowest BCUT2D eigenvalue weighted by molar-refractivity contribution is -0.00455. The minimum atomic E-state index is -0.530. The number of piperazine rings is 1. The molecule has 1 N–H and O–H groups in total. The Morgan fingerprint density at radius 1 is 1.15 bits per heavy atom. The van der Waals surface area contributed by atoms with E-state index in [1.165, 1.54) is 5.69 Å². The standard InChI is InChI=1S/C16H25ClN2O/c1-3-16(20,4-2)13-18-8-10-19(11-9-18)15-7-5-6-14(17)12-15/h5-7,12,20H,3-4,8-11,13H2,1-2H3. The van der Waals surface area contributed by atoms with Crippen molar-refractivity contribution < 1.29 is 5.11 Å². The van der Waals surface area contributed by atoms with E-state index in [0.717, 1.165) is 50.6 Å². The summed E-state index contributed by atoms with van der Waals surface area (Å²) in [6.07, 6.45) is 1.63. The first-order valence-electron chi connectivity index (χ1n) is 7.51. The van der Waals surface area contributed by atoms with Gasteiger partial charge in [-0.25, -0.2) is 0 Å². The molecule has 3 nitrogen and oxygen atoms in total. The maximum absolute atomic E-state index is 10.4. The second kappa shape index (κ2) is 6.79. The fourth-order valence-electron chi connectivity index (χ4n) is 2.73. The Kier molecular flexibility index (Phi) is 5.30. The van der Waals surface area contributed by atoms with Crippen LogP contribution in [-0.2, 0) is 0 Å². The van der Waals surface area contributed by atoms with Crippen LogP contribution in [0.2, 0.25) is 5.02 Å². The van der Waals surface area contributed by atoms with Gasteiger partial charge in [-0.1, -0.05) is 31.5 Å². The van der Waals surface area contributed by atoms with E-state index in [2.05, 4.69) is 29.7 Å². The number of halogens is 1. The Labute approximate surface area is 127 Å². The topological polar surface area (TPSA) is 26.7 Å². The van der Waals surface area contributed by atoms with Gasteiger partial charge in [0.2, 0.25) is 0 Å².